The van der Waals surface area contributed by atoms with E-state index in [1.54, 1.807) is 30.3 Å². The Balaban J connectivity index is 1.44. The summed E-state index contributed by atoms with van der Waals surface area (Å²) in [5.41, 5.74) is 0. The molecule has 1 aromatic carbocycles. The summed E-state index contributed by atoms with van der Waals surface area (Å²) < 4.78 is 29.2. The van der Waals surface area contributed by atoms with Crippen molar-refractivity contribution in [1.82, 2.24) is 4.90 Å². The molecule has 1 aliphatic heterocycles. The first kappa shape index (κ1) is 16.6. The molecule has 1 saturated heterocycles. The fourth-order valence-corrected chi connectivity index (χ4v) is 4.72. The Bertz CT molecular complexity index is 691. The van der Waals surface area contributed by atoms with Crippen molar-refractivity contribution in [2.45, 2.75) is 23.7 Å². The third-order valence-electron chi connectivity index (χ3n) is 4.21. The van der Waals surface area contributed by atoms with Gasteiger partial charge in [-0.3, -0.25) is 4.18 Å². The van der Waals surface area contributed by atoms with Crippen LogP contribution < -0.4 is 0 Å². The zero-order chi connectivity index (χ0) is 16.1. The Labute approximate surface area is 141 Å². The summed E-state index contributed by atoms with van der Waals surface area (Å²) in [7, 11) is -3.63. The van der Waals surface area contributed by atoms with Crippen molar-refractivity contribution in [2.75, 3.05) is 26.2 Å². The quantitative estimate of drug-likeness (QED) is 0.749. The van der Waals surface area contributed by atoms with E-state index in [0.717, 1.165) is 25.9 Å². The molecule has 0 atom stereocenters. The molecule has 1 aliphatic rings. The monoisotopic (exact) mass is 351 g/mol. The molecule has 23 heavy (non-hydrogen) atoms. The number of piperidine rings is 1. The van der Waals surface area contributed by atoms with Crippen molar-refractivity contribution in [2.24, 2.45) is 0 Å². The molecule has 124 valence electrons. The van der Waals surface area contributed by atoms with Gasteiger partial charge in [-0.05, 0) is 55.4 Å². The topological polar surface area (TPSA) is 46.6 Å². The largest absolute Gasteiger partial charge is 0.301 e. The zero-order valence-electron chi connectivity index (χ0n) is 12.9. The summed E-state index contributed by atoms with van der Waals surface area (Å²) in [5.74, 6) is 0.653. The lowest BCUT2D eigenvalue weighted by atomic mass is 9.95. The van der Waals surface area contributed by atoms with Crippen LogP contribution in [-0.4, -0.2) is 39.6 Å². The number of likely N-dealkylation sites (tertiary alicyclic amines) is 1. The van der Waals surface area contributed by atoms with Crippen molar-refractivity contribution in [3.05, 3.63) is 52.7 Å². The smallest absolute Gasteiger partial charge is 0.297 e. The fraction of sp³-hybridized carbons (Fsp3) is 0.412. The van der Waals surface area contributed by atoms with Gasteiger partial charge in [0.2, 0.25) is 0 Å². The molecule has 0 N–H and O–H groups in total. The van der Waals surface area contributed by atoms with E-state index >= 15 is 0 Å². The molecule has 0 spiro atoms. The second kappa shape index (κ2) is 7.57. The van der Waals surface area contributed by atoms with Crippen LogP contribution in [0.25, 0.3) is 0 Å². The van der Waals surface area contributed by atoms with Crippen molar-refractivity contribution in [1.29, 1.82) is 0 Å². The maximum atomic E-state index is 12.0. The van der Waals surface area contributed by atoms with Gasteiger partial charge in [-0.2, -0.15) is 8.42 Å². The summed E-state index contributed by atoms with van der Waals surface area (Å²) in [6.07, 6.45) is 2.26. The molecule has 2 aromatic rings. The van der Waals surface area contributed by atoms with Gasteiger partial charge in [-0.25, -0.2) is 0 Å². The molecule has 0 amide bonds. The number of benzene rings is 1. The lowest BCUT2D eigenvalue weighted by molar-refractivity contribution is 0.176. The first-order chi connectivity index (χ1) is 11.1. The standard InChI is InChI=1S/C17H21NO3S2/c19-23(20,16-5-2-1-3-6-16)21-13-12-18-10-8-15(9-11-18)17-7-4-14-22-17/h1-7,14-15H,8-13H2. The van der Waals surface area contributed by atoms with Crippen LogP contribution in [0.5, 0.6) is 0 Å². The molecular formula is C17H21NO3S2. The molecule has 0 unspecified atom stereocenters. The molecule has 6 heteroatoms. The number of hydrogen-bond donors (Lipinski definition) is 0. The SMILES string of the molecule is O=S(=O)(OCCN1CCC(c2cccs2)CC1)c1ccccc1. The van der Waals surface area contributed by atoms with Gasteiger partial charge in [-0.15, -0.1) is 11.3 Å². The number of rotatable bonds is 6. The van der Waals surface area contributed by atoms with E-state index in [1.807, 2.05) is 11.3 Å². The van der Waals surface area contributed by atoms with Gasteiger partial charge in [0.1, 0.15) is 0 Å². The van der Waals surface area contributed by atoms with Gasteiger partial charge >= 0.3 is 0 Å². The summed E-state index contributed by atoms with van der Waals surface area (Å²) in [5, 5.41) is 2.13. The Kier molecular flexibility index (Phi) is 5.48. The predicted octanol–water partition coefficient (Wildman–Crippen LogP) is 3.33. The average Bonchev–Trinajstić information content (AvgIpc) is 3.11. The molecule has 2 heterocycles. The first-order valence-corrected chi connectivity index (χ1v) is 10.1. The van der Waals surface area contributed by atoms with E-state index in [9.17, 15) is 8.42 Å². The maximum Gasteiger partial charge on any atom is 0.297 e. The molecule has 4 nitrogen and oxygen atoms in total. The minimum atomic E-state index is -3.63. The van der Waals surface area contributed by atoms with Crippen LogP contribution in [0.4, 0.5) is 0 Å². The number of thiophene rings is 1. The van der Waals surface area contributed by atoms with Gasteiger partial charge in [0.25, 0.3) is 10.1 Å². The molecule has 1 fully saturated rings. The van der Waals surface area contributed by atoms with Crippen LogP contribution in [-0.2, 0) is 14.3 Å². The van der Waals surface area contributed by atoms with Crippen molar-refractivity contribution in [3.63, 3.8) is 0 Å². The normalized spacial score (nSPS) is 17.4. The van der Waals surface area contributed by atoms with Crippen molar-refractivity contribution in [3.8, 4) is 0 Å². The highest BCUT2D eigenvalue weighted by Crippen LogP contribution is 2.30. The average molecular weight is 351 g/mol. The fourth-order valence-electron chi connectivity index (χ4n) is 2.90. The minimum absolute atomic E-state index is 0.209. The summed E-state index contributed by atoms with van der Waals surface area (Å²) >= 11 is 1.83. The summed E-state index contributed by atoms with van der Waals surface area (Å²) in [4.78, 5) is 3.97. The molecule has 0 saturated carbocycles. The Hall–Kier alpha value is -1.21. The van der Waals surface area contributed by atoms with Crippen LogP contribution in [0.2, 0.25) is 0 Å². The van der Waals surface area contributed by atoms with Crippen LogP contribution in [0, 0.1) is 0 Å². The summed E-state index contributed by atoms with van der Waals surface area (Å²) in [6, 6.07) is 12.6. The van der Waals surface area contributed by atoms with Crippen LogP contribution in [0.1, 0.15) is 23.6 Å². The highest BCUT2D eigenvalue weighted by Gasteiger charge is 2.22. The van der Waals surface area contributed by atoms with Crippen LogP contribution in [0.3, 0.4) is 0 Å². The van der Waals surface area contributed by atoms with E-state index in [2.05, 4.69) is 22.4 Å². The zero-order valence-corrected chi connectivity index (χ0v) is 14.6. The maximum absolute atomic E-state index is 12.0. The Morgan fingerprint density at radius 3 is 2.48 bits per heavy atom. The van der Waals surface area contributed by atoms with Gasteiger partial charge in [0.05, 0.1) is 11.5 Å². The Morgan fingerprint density at radius 2 is 1.83 bits per heavy atom. The Morgan fingerprint density at radius 1 is 1.09 bits per heavy atom. The second-order valence-electron chi connectivity index (χ2n) is 5.72. The number of nitrogens with zero attached hydrogens (tertiary/aromatic N) is 1. The lowest BCUT2D eigenvalue weighted by Gasteiger charge is -2.31. The third kappa shape index (κ3) is 4.41. The third-order valence-corrected chi connectivity index (χ3v) is 6.57. The molecule has 0 radical (unpaired) electrons. The molecule has 0 bridgehead atoms. The van der Waals surface area contributed by atoms with E-state index in [1.165, 1.54) is 4.88 Å². The predicted molar refractivity (Wildman–Crippen MR) is 92.3 cm³/mol. The van der Waals surface area contributed by atoms with Gasteiger partial charge in [0, 0.05) is 11.4 Å². The lowest BCUT2D eigenvalue weighted by Crippen LogP contribution is -2.35. The second-order valence-corrected chi connectivity index (χ2v) is 8.32. The van der Waals surface area contributed by atoms with E-state index in [4.69, 9.17) is 4.18 Å². The van der Waals surface area contributed by atoms with E-state index in [0.29, 0.717) is 12.5 Å². The highest BCUT2D eigenvalue weighted by molar-refractivity contribution is 7.86. The van der Waals surface area contributed by atoms with Crippen LogP contribution in [0.15, 0.2) is 52.7 Å². The van der Waals surface area contributed by atoms with E-state index < -0.39 is 10.1 Å². The molecule has 1 aromatic heterocycles. The highest BCUT2D eigenvalue weighted by atomic mass is 32.2. The molecular weight excluding hydrogens is 330 g/mol. The van der Waals surface area contributed by atoms with Gasteiger partial charge < -0.3 is 4.90 Å². The molecule has 0 aliphatic carbocycles. The van der Waals surface area contributed by atoms with Crippen molar-refractivity contribution < 1.29 is 12.6 Å². The summed E-state index contributed by atoms with van der Waals surface area (Å²) in [6.45, 7) is 2.86. The molecule has 3 rings (SSSR count). The van der Waals surface area contributed by atoms with Crippen molar-refractivity contribution >= 4 is 21.5 Å². The van der Waals surface area contributed by atoms with Gasteiger partial charge in [-0.1, -0.05) is 24.3 Å². The minimum Gasteiger partial charge on any atom is -0.301 e. The van der Waals surface area contributed by atoms with Crippen LogP contribution >= 0.6 is 11.3 Å². The number of hydrogen-bond acceptors (Lipinski definition) is 5. The van der Waals surface area contributed by atoms with Gasteiger partial charge in [0.15, 0.2) is 0 Å². The first-order valence-electron chi connectivity index (χ1n) is 7.85. The van der Waals surface area contributed by atoms with E-state index in [-0.39, 0.29) is 11.5 Å².